The summed E-state index contributed by atoms with van der Waals surface area (Å²) >= 11 is 0. The van der Waals surface area contributed by atoms with E-state index in [4.69, 9.17) is 9.47 Å². The summed E-state index contributed by atoms with van der Waals surface area (Å²) < 4.78 is 11.3. The Labute approximate surface area is 107 Å². The van der Waals surface area contributed by atoms with Crippen molar-refractivity contribution in [3.63, 3.8) is 0 Å². The van der Waals surface area contributed by atoms with Gasteiger partial charge >= 0.3 is 0 Å². The van der Waals surface area contributed by atoms with Crippen LogP contribution in [0.15, 0.2) is 0 Å². The lowest BCUT2D eigenvalue weighted by Crippen LogP contribution is -2.34. The van der Waals surface area contributed by atoms with E-state index in [9.17, 15) is 0 Å². The lowest BCUT2D eigenvalue weighted by atomic mass is 10.2. The Bertz CT molecular complexity index is 166. The first-order valence-corrected chi connectivity index (χ1v) is 6.94. The quantitative estimate of drug-likeness (QED) is 0.600. The van der Waals surface area contributed by atoms with Crippen molar-refractivity contribution in [1.29, 1.82) is 0 Å². The molecule has 0 radical (unpaired) electrons. The normalized spacial score (nSPS) is 13.9. The molecule has 1 N–H and O–H groups in total. The first-order valence-electron chi connectivity index (χ1n) is 6.94. The van der Waals surface area contributed by atoms with Crippen LogP contribution in [0.4, 0.5) is 0 Å². The van der Waals surface area contributed by atoms with Gasteiger partial charge < -0.3 is 14.8 Å². The van der Waals surface area contributed by atoms with Crippen LogP contribution in [-0.4, -0.2) is 38.0 Å². The summed E-state index contributed by atoms with van der Waals surface area (Å²) in [6, 6.07) is 0.495. The first-order chi connectivity index (χ1) is 7.99. The van der Waals surface area contributed by atoms with Crippen LogP contribution in [-0.2, 0) is 9.47 Å². The molecule has 0 heterocycles. The Morgan fingerprint density at radius 3 is 2.29 bits per heavy atom. The average Bonchev–Trinajstić information content (AvgIpc) is 2.23. The van der Waals surface area contributed by atoms with E-state index < -0.39 is 0 Å². The molecule has 3 heteroatoms. The van der Waals surface area contributed by atoms with Crippen LogP contribution in [0.5, 0.6) is 0 Å². The van der Waals surface area contributed by atoms with E-state index in [1.54, 1.807) is 0 Å². The van der Waals surface area contributed by atoms with Crippen LogP contribution in [0, 0.1) is 0 Å². The summed E-state index contributed by atoms with van der Waals surface area (Å²) in [6.07, 6.45) is 3.55. The van der Waals surface area contributed by atoms with Crippen LogP contribution in [0.25, 0.3) is 0 Å². The van der Waals surface area contributed by atoms with Crippen molar-refractivity contribution in [3.8, 4) is 0 Å². The van der Waals surface area contributed by atoms with Gasteiger partial charge in [0.25, 0.3) is 0 Å². The van der Waals surface area contributed by atoms with Crippen molar-refractivity contribution < 1.29 is 9.47 Å². The van der Waals surface area contributed by atoms with Gasteiger partial charge in [-0.1, -0.05) is 20.3 Å². The molecule has 0 aliphatic heterocycles. The largest absolute Gasteiger partial charge is 0.377 e. The van der Waals surface area contributed by atoms with E-state index >= 15 is 0 Å². The van der Waals surface area contributed by atoms with Crippen molar-refractivity contribution in [2.24, 2.45) is 0 Å². The summed E-state index contributed by atoms with van der Waals surface area (Å²) in [4.78, 5) is 0. The van der Waals surface area contributed by atoms with Crippen LogP contribution in [0.1, 0.15) is 53.9 Å². The van der Waals surface area contributed by atoms with Crippen molar-refractivity contribution in [2.75, 3.05) is 26.4 Å². The molecule has 0 amide bonds. The SMILES string of the molecule is CCCNC(CCC)COCCOC(C)(C)C. The molecule has 17 heavy (non-hydrogen) atoms. The molecule has 1 atom stereocenters. The zero-order valence-electron chi connectivity index (χ0n) is 12.3. The summed E-state index contributed by atoms with van der Waals surface area (Å²) in [7, 11) is 0. The van der Waals surface area contributed by atoms with Gasteiger partial charge in [0.15, 0.2) is 0 Å². The lowest BCUT2D eigenvalue weighted by Gasteiger charge is -2.21. The van der Waals surface area contributed by atoms with Gasteiger partial charge in [0.05, 0.1) is 25.4 Å². The van der Waals surface area contributed by atoms with Gasteiger partial charge in [-0.15, -0.1) is 0 Å². The Morgan fingerprint density at radius 1 is 1.06 bits per heavy atom. The van der Waals surface area contributed by atoms with E-state index in [0.29, 0.717) is 19.3 Å². The molecular formula is C14H31NO2. The maximum atomic E-state index is 5.65. The topological polar surface area (TPSA) is 30.5 Å². The molecule has 0 aliphatic carbocycles. The molecule has 104 valence electrons. The standard InChI is InChI=1S/C14H31NO2/c1-6-8-13(15-9-7-2)12-16-10-11-17-14(3,4)5/h13,15H,6-12H2,1-5H3. The number of hydrogen-bond donors (Lipinski definition) is 1. The van der Waals surface area contributed by atoms with Gasteiger partial charge in [-0.25, -0.2) is 0 Å². The van der Waals surface area contributed by atoms with Crippen LogP contribution in [0.2, 0.25) is 0 Å². The van der Waals surface area contributed by atoms with E-state index in [2.05, 4.69) is 39.9 Å². The van der Waals surface area contributed by atoms with Gasteiger partial charge in [-0.05, 0) is 40.2 Å². The van der Waals surface area contributed by atoms with Crippen LogP contribution >= 0.6 is 0 Å². The molecule has 0 aliphatic rings. The molecule has 3 nitrogen and oxygen atoms in total. The fourth-order valence-corrected chi connectivity index (χ4v) is 1.57. The number of rotatable bonds is 10. The fraction of sp³-hybridized carbons (Fsp3) is 1.00. The third kappa shape index (κ3) is 12.1. The third-order valence-electron chi connectivity index (χ3n) is 2.40. The smallest absolute Gasteiger partial charge is 0.0707 e. The highest BCUT2D eigenvalue weighted by Crippen LogP contribution is 2.06. The summed E-state index contributed by atoms with van der Waals surface area (Å²) in [5.41, 5.74) is -0.0629. The number of ether oxygens (including phenoxy) is 2. The van der Waals surface area contributed by atoms with Gasteiger partial charge in [-0.3, -0.25) is 0 Å². The third-order valence-corrected chi connectivity index (χ3v) is 2.40. The lowest BCUT2D eigenvalue weighted by molar-refractivity contribution is -0.0375. The van der Waals surface area contributed by atoms with Gasteiger partial charge in [0.2, 0.25) is 0 Å². The Hall–Kier alpha value is -0.120. The van der Waals surface area contributed by atoms with E-state index in [0.717, 1.165) is 13.2 Å². The highest BCUT2D eigenvalue weighted by atomic mass is 16.5. The molecule has 0 rings (SSSR count). The van der Waals surface area contributed by atoms with Crippen molar-refractivity contribution >= 4 is 0 Å². The molecule has 0 bridgehead atoms. The van der Waals surface area contributed by atoms with Gasteiger partial charge in [-0.2, -0.15) is 0 Å². The van der Waals surface area contributed by atoms with Crippen LogP contribution in [0.3, 0.4) is 0 Å². The minimum atomic E-state index is -0.0629. The highest BCUT2D eigenvalue weighted by molar-refractivity contribution is 4.65. The van der Waals surface area contributed by atoms with Gasteiger partial charge in [0, 0.05) is 6.04 Å². The predicted octanol–water partition coefficient (Wildman–Crippen LogP) is 2.99. The molecule has 0 aromatic heterocycles. The zero-order chi connectivity index (χ0) is 13.1. The molecule has 0 saturated heterocycles. The summed E-state index contributed by atoms with van der Waals surface area (Å²) in [6.45, 7) is 13.8. The number of hydrogen-bond acceptors (Lipinski definition) is 3. The van der Waals surface area contributed by atoms with Gasteiger partial charge in [0.1, 0.15) is 0 Å². The molecule has 0 aromatic rings. The summed E-state index contributed by atoms with van der Waals surface area (Å²) in [5, 5.41) is 3.51. The van der Waals surface area contributed by atoms with Crippen molar-refractivity contribution in [1.82, 2.24) is 5.32 Å². The molecule has 0 fully saturated rings. The molecule has 0 spiro atoms. The minimum absolute atomic E-state index is 0.0629. The monoisotopic (exact) mass is 245 g/mol. The second kappa shape index (κ2) is 9.86. The van der Waals surface area contributed by atoms with E-state index in [-0.39, 0.29) is 5.60 Å². The second-order valence-corrected chi connectivity index (χ2v) is 5.48. The molecule has 0 saturated carbocycles. The Balaban J connectivity index is 3.53. The molecule has 0 aromatic carbocycles. The minimum Gasteiger partial charge on any atom is -0.377 e. The maximum Gasteiger partial charge on any atom is 0.0707 e. The Morgan fingerprint density at radius 2 is 1.76 bits per heavy atom. The van der Waals surface area contributed by atoms with E-state index in [1.807, 2.05) is 0 Å². The predicted molar refractivity (Wildman–Crippen MR) is 73.5 cm³/mol. The fourth-order valence-electron chi connectivity index (χ4n) is 1.57. The molecule has 1 unspecified atom stereocenters. The van der Waals surface area contributed by atoms with Crippen molar-refractivity contribution in [2.45, 2.75) is 65.5 Å². The maximum absolute atomic E-state index is 5.65. The van der Waals surface area contributed by atoms with Crippen molar-refractivity contribution in [3.05, 3.63) is 0 Å². The zero-order valence-corrected chi connectivity index (χ0v) is 12.3. The van der Waals surface area contributed by atoms with Crippen LogP contribution < -0.4 is 5.32 Å². The first kappa shape index (κ1) is 16.9. The second-order valence-electron chi connectivity index (χ2n) is 5.48. The Kier molecular flexibility index (Phi) is 9.79. The number of nitrogens with one attached hydrogen (secondary N) is 1. The molecular weight excluding hydrogens is 214 g/mol. The highest BCUT2D eigenvalue weighted by Gasteiger charge is 2.10. The average molecular weight is 245 g/mol. The summed E-state index contributed by atoms with van der Waals surface area (Å²) in [5.74, 6) is 0. The van der Waals surface area contributed by atoms with E-state index in [1.165, 1.54) is 19.3 Å².